The lowest BCUT2D eigenvalue weighted by Crippen LogP contribution is -2.57. The van der Waals surface area contributed by atoms with Crippen molar-refractivity contribution in [2.24, 2.45) is 5.73 Å². The lowest BCUT2D eigenvalue weighted by molar-refractivity contribution is 0.266. The molecule has 1 fully saturated rings. The fourth-order valence-corrected chi connectivity index (χ4v) is 3.99. The summed E-state index contributed by atoms with van der Waals surface area (Å²) in [5, 5.41) is 1.70. The molecule has 2 aromatic carbocycles. The first kappa shape index (κ1) is 11.6. The van der Waals surface area contributed by atoms with E-state index < -0.39 is 10.0 Å². The number of hydrogen-bond donors (Lipinski definition) is 1. The lowest BCUT2D eigenvalue weighted by atomic mass is 10.1. The van der Waals surface area contributed by atoms with Crippen LogP contribution in [0.1, 0.15) is 0 Å². The van der Waals surface area contributed by atoms with Crippen molar-refractivity contribution in [3.63, 3.8) is 0 Å². The van der Waals surface area contributed by atoms with Gasteiger partial charge in [-0.15, -0.1) is 0 Å². The Bertz CT molecular complexity index is 686. The highest BCUT2D eigenvalue weighted by Gasteiger charge is 2.35. The van der Waals surface area contributed by atoms with Crippen molar-refractivity contribution in [3.05, 3.63) is 42.5 Å². The van der Waals surface area contributed by atoms with Crippen molar-refractivity contribution < 1.29 is 8.42 Å². The molecule has 0 spiro atoms. The van der Waals surface area contributed by atoms with Gasteiger partial charge in [-0.25, -0.2) is 8.42 Å². The minimum absolute atomic E-state index is 0.0326. The molecule has 1 saturated heterocycles. The van der Waals surface area contributed by atoms with Crippen molar-refractivity contribution in [1.29, 1.82) is 0 Å². The van der Waals surface area contributed by atoms with Crippen LogP contribution in [0.5, 0.6) is 0 Å². The molecular weight excluding hydrogens is 248 g/mol. The molecule has 0 aromatic heterocycles. The van der Waals surface area contributed by atoms with E-state index in [0.29, 0.717) is 18.0 Å². The fourth-order valence-electron chi connectivity index (χ4n) is 2.23. The number of hydrogen-bond acceptors (Lipinski definition) is 3. The Hall–Kier alpha value is -1.43. The van der Waals surface area contributed by atoms with E-state index in [2.05, 4.69) is 0 Å². The first-order chi connectivity index (χ1) is 8.59. The Morgan fingerprint density at radius 3 is 2.44 bits per heavy atom. The van der Waals surface area contributed by atoms with Crippen molar-refractivity contribution in [3.8, 4) is 0 Å². The second-order valence-corrected chi connectivity index (χ2v) is 6.47. The second-order valence-electron chi connectivity index (χ2n) is 4.56. The quantitative estimate of drug-likeness (QED) is 0.883. The first-order valence-electron chi connectivity index (χ1n) is 5.82. The zero-order valence-electron chi connectivity index (χ0n) is 9.78. The van der Waals surface area contributed by atoms with Gasteiger partial charge < -0.3 is 5.73 Å². The van der Waals surface area contributed by atoms with Gasteiger partial charge in [0.25, 0.3) is 0 Å². The standard InChI is InChI=1S/C13H14N2O2S/c14-11-8-15(9-11)18(16,17)13-7-3-5-10-4-1-2-6-12(10)13/h1-7,11H,8-9,14H2. The third kappa shape index (κ3) is 1.71. The molecule has 2 aromatic rings. The van der Waals surface area contributed by atoms with Crippen LogP contribution in [0.2, 0.25) is 0 Å². The van der Waals surface area contributed by atoms with Crippen LogP contribution in [-0.4, -0.2) is 31.9 Å². The van der Waals surface area contributed by atoms with E-state index in [4.69, 9.17) is 5.73 Å². The molecule has 2 N–H and O–H groups in total. The molecule has 0 atom stereocenters. The molecule has 0 bridgehead atoms. The molecule has 4 nitrogen and oxygen atoms in total. The van der Waals surface area contributed by atoms with Gasteiger partial charge in [0, 0.05) is 24.5 Å². The normalized spacial score (nSPS) is 17.8. The largest absolute Gasteiger partial charge is 0.325 e. The smallest absolute Gasteiger partial charge is 0.243 e. The van der Waals surface area contributed by atoms with Gasteiger partial charge in [0.1, 0.15) is 0 Å². The third-order valence-corrected chi connectivity index (χ3v) is 5.13. The summed E-state index contributed by atoms with van der Waals surface area (Å²) >= 11 is 0. The summed E-state index contributed by atoms with van der Waals surface area (Å²) in [5.74, 6) is 0. The minimum Gasteiger partial charge on any atom is -0.325 e. The molecule has 1 aliphatic heterocycles. The van der Waals surface area contributed by atoms with Crippen LogP contribution in [0, 0.1) is 0 Å². The Morgan fingerprint density at radius 1 is 1.06 bits per heavy atom. The summed E-state index contributed by atoms with van der Waals surface area (Å²) in [6.45, 7) is 0.817. The molecule has 0 saturated carbocycles. The van der Waals surface area contributed by atoms with E-state index >= 15 is 0 Å². The molecular formula is C13H14N2O2S. The van der Waals surface area contributed by atoms with E-state index in [-0.39, 0.29) is 6.04 Å². The predicted molar refractivity (Wildman–Crippen MR) is 70.7 cm³/mol. The highest BCUT2D eigenvalue weighted by Crippen LogP contribution is 2.27. The highest BCUT2D eigenvalue weighted by molar-refractivity contribution is 7.89. The van der Waals surface area contributed by atoms with E-state index in [9.17, 15) is 8.42 Å². The maximum Gasteiger partial charge on any atom is 0.243 e. The predicted octanol–water partition coefficient (Wildman–Crippen LogP) is 1.17. The highest BCUT2D eigenvalue weighted by atomic mass is 32.2. The Kier molecular flexibility index (Phi) is 2.62. The summed E-state index contributed by atoms with van der Waals surface area (Å²) in [4.78, 5) is 0.368. The zero-order chi connectivity index (χ0) is 12.8. The Labute approximate surface area is 106 Å². The molecule has 3 rings (SSSR count). The number of sulfonamides is 1. The minimum atomic E-state index is -3.41. The van der Waals surface area contributed by atoms with E-state index in [1.165, 1.54) is 4.31 Å². The van der Waals surface area contributed by atoms with Gasteiger partial charge in [-0.1, -0.05) is 36.4 Å². The Morgan fingerprint density at radius 2 is 1.72 bits per heavy atom. The van der Waals surface area contributed by atoms with Gasteiger partial charge in [0.15, 0.2) is 0 Å². The Balaban J connectivity index is 2.15. The van der Waals surface area contributed by atoms with Crippen molar-refractivity contribution >= 4 is 20.8 Å². The first-order valence-corrected chi connectivity index (χ1v) is 7.26. The number of nitrogens with two attached hydrogens (primary N) is 1. The lowest BCUT2D eigenvalue weighted by Gasteiger charge is -2.35. The fraction of sp³-hybridized carbons (Fsp3) is 0.231. The summed E-state index contributed by atoms with van der Waals surface area (Å²) in [6.07, 6.45) is 0. The summed E-state index contributed by atoms with van der Waals surface area (Å²) in [6, 6.07) is 12.8. The van der Waals surface area contributed by atoms with Crippen LogP contribution in [0.25, 0.3) is 10.8 Å². The monoisotopic (exact) mass is 262 g/mol. The van der Waals surface area contributed by atoms with Gasteiger partial charge >= 0.3 is 0 Å². The summed E-state index contributed by atoms with van der Waals surface area (Å²) in [7, 11) is -3.41. The maximum atomic E-state index is 12.4. The average molecular weight is 262 g/mol. The molecule has 0 radical (unpaired) electrons. The van der Waals surface area contributed by atoms with E-state index in [1.54, 1.807) is 12.1 Å². The molecule has 1 heterocycles. The number of fused-ring (bicyclic) bond motifs is 1. The summed E-state index contributed by atoms with van der Waals surface area (Å²) in [5.41, 5.74) is 5.65. The molecule has 0 unspecified atom stereocenters. The molecule has 0 amide bonds. The summed E-state index contributed by atoms with van der Waals surface area (Å²) < 4.78 is 26.3. The SMILES string of the molecule is NC1CN(S(=O)(=O)c2cccc3ccccc23)C1. The van der Waals surface area contributed by atoms with Gasteiger partial charge in [-0.05, 0) is 11.5 Å². The topological polar surface area (TPSA) is 63.4 Å². The van der Waals surface area contributed by atoms with Crippen molar-refractivity contribution in [1.82, 2.24) is 4.31 Å². The average Bonchev–Trinajstić information content (AvgIpc) is 2.34. The van der Waals surface area contributed by atoms with Gasteiger partial charge in [-0.2, -0.15) is 4.31 Å². The number of rotatable bonds is 2. The molecule has 18 heavy (non-hydrogen) atoms. The van der Waals surface area contributed by atoms with Gasteiger partial charge in [0.05, 0.1) is 4.90 Å². The van der Waals surface area contributed by atoms with E-state index in [1.807, 2.05) is 30.3 Å². The van der Waals surface area contributed by atoms with Crippen LogP contribution in [0.3, 0.4) is 0 Å². The second kappa shape index (κ2) is 4.05. The number of benzene rings is 2. The van der Waals surface area contributed by atoms with Crippen LogP contribution in [0.4, 0.5) is 0 Å². The third-order valence-electron chi connectivity index (χ3n) is 3.24. The van der Waals surface area contributed by atoms with Crippen molar-refractivity contribution in [2.45, 2.75) is 10.9 Å². The van der Waals surface area contributed by atoms with E-state index in [0.717, 1.165) is 10.8 Å². The van der Waals surface area contributed by atoms with Crippen LogP contribution in [-0.2, 0) is 10.0 Å². The van der Waals surface area contributed by atoms with Crippen LogP contribution >= 0.6 is 0 Å². The number of nitrogens with zero attached hydrogens (tertiary/aromatic N) is 1. The molecule has 94 valence electrons. The molecule has 5 heteroatoms. The molecule has 1 aliphatic rings. The van der Waals surface area contributed by atoms with Gasteiger partial charge in [-0.3, -0.25) is 0 Å². The van der Waals surface area contributed by atoms with Crippen molar-refractivity contribution in [2.75, 3.05) is 13.1 Å². The maximum absolute atomic E-state index is 12.4. The zero-order valence-corrected chi connectivity index (χ0v) is 10.6. The molecule has 0 aliphatic carbocycles. The van der Waals surface area contributed by atoms with Crippen LogP contribution in [0.15, 0.2) is 47.4 Å². The van der Waals surface area contributed by atoms with Gasteiger partial charge in [0.2, 0.25) is 10.0 Å². The van der Waals surface area contributed by atoms with Crippen LogP contribution < -0.4 is 5.73 Å².